The van der Waals surface area contributed by atoms with Gasteiger partial charge in [-0.25, -0.2) is 4.39 Å². The zero-order valence-electron chi connectivity index (χ0n) is 8.43. The summed E-state index contributed by atoms with van der Waals surface area (Å²) in [5.41, 5.74) is 6.57. The first-order valence-electron chi connectivity index (χ1n) is 4.77. The van der Waals surface area contributed by atoms with Crippen molar-refractivity contribution in [1.82, 2.24) is 0 Å². The minimum absolute atomic E-state index is 0.229. The fourth-order valence-electron chi connectivity index (χ4n) is 1.37. The Kier molecular flexibility index (Phi) is 4.08. The van der Waals surface area contributed by atoms with Crippen LogP contribution in [0.1, 0.15) is 31.9 Å². The molecule has 0 saturated heterocycles. The van der Waals surface area contributed by atoms with Crippen LogP contribution in [0.25, 0.3) is 0 Å². The fraction of sp³-hybridized carbons (Fsp3) is 0.455. The highest BCUT2D eigenvalue weighted by Crippen LogP contribution is 2.30. The maximum Gasteiger partial charge on any atom is 0.129 e. The predicted molar refractivity (Wildman–Crippen MR) is 60.5 cm³/mol. The Labute approximate surface area is 92.6 Å². The van der Waals surface area contributed by atoms with Crippen molar-refractivity contribution in [2.75, 3.05) is 0 Å². The minimum Gasteiger partial charge on any atom is -0.324 e. The highest BCUT2D eigenvalue weighted by Gasteiger charge is 2.19. The van der Waals surface area contributed by atoms with Gasteiger partial charge >= 0.3 is 0 Å². The van der Waals surface area contributed by atoms with Crippen LogP contribution < -0.4 is 5.73 Å². The normalized spacial score (nSPS) is 15.2. The van der Waals surface area contributed by atoms with E-state index in [4.69, 9.17) is 5.73 Å². The zero-order valence-corrected chi connectivity index (χ0v) is 10.0. The number of hydrogen-bond donors (Lipinski definition) is 1. The molecule has 2 N–H and O–H groups in total. The molecule has 14 heavy (non-hydrogen) atoms. The van der Waals surface area contributed by atoms with Crippen molar-refractivity contribution in [2.24, 2.45) is 11.7 Å². The van der Waals surface area contributed by atoms with E-state index in [-0.39, 0.29) is 17.8 Å². The van der Waals surface area contributed by atoms with E-state index in [9.17, 15) is 4.39 Å². The van der Waals surface area contributed by atoms with Crippen LogP contribution in [0.2, 0.25) is 0 Å². The van der Waals surface area contributed by atoms with E-state index in [2.05, 4.69) is 22.9 Å². The fourth-order valence-corrected chi connectivity index (χ4v) is 1.97. The average molecular weight is 260 g/mol. The first-order valence-corrected chi connectivity index (χ1v) is 5.56. The van der Waals surface area contributed by atoms with Crippen molar-refractivity contribution in [3.63, 3.8) is 0 Å². The third kappa shape index (κ3) is 2.34. The van der Waals surface area contributed by atoms with E-state index in [0.717, 1.165) is 10.9 Å². The van der Waals surface area contributed by atoms with Crippen molar-refractivity contribution >= 4 is 15.9 Å². The van der Waals surface area contributed by atoms with Gasteiger partial charge in [-0.1, -0.05) is 42.3 Å². The molecule has 0 heterocycles. The van der Waals surface area contributed by atoms with Gasteiger partial charge in [0.25, 0.3) is 0 Å². The molecule has 0 amide bonds. The molecule has 1 rings (SSSR count). The molecule has 0 bridgehead atoms. The van der Waals surface area contributed by atoms with Crippen LogP contribution in [0.15, 0.2) is 22.7 Å². The Morgan fingerprint density at radius 1 is 1.50 bits per heavy atom. The first kappa shape index (κ1) is 11.7. The Hall–Kier alpha value is -0.410. The quantitative estimate of drug-likeness (QED) is 0.882. The third-order valence-electron chi connectivity index (χ3n) is 2.59. The Bertz CT molecular complexity index is 294. The van der Waals surface area contributed by atoms with E-state index >= 15 is 0 Å². The maximum atomic E-state index is 13.5. The monoisotopic (exact) mass is 259 g/mol. The lowest BCUT2D eigenvalue weighted by Gasteiger charge is -2.20. The highest BCUT2D eigenvalue weighted by molar-refractivity contribution is 9.10. The molecule has 3 heteroatoms. The molecule has 1 aromatic carbocycles. The number of rotatable bonds is 3. The second-order valence-corrected chi connectivity index (χ2v) is 4.40. The second-order valence-electron chi connectivity index (χ2n) is 3.55. The molecule has 78 valence electrons. The van der Waals surface area contributed by atoms with Gasteiger partial charge in [-0.15, -0.1) is 0 Å². The number of hydrogen-bond acceptors (Lipinski definition) is 1. The van der Waals surface area contributed by atoms with Gasteiger partial charge in [0.2, 0.25) is 0 Å². The molecule has 0 saturated carbocycles. The first-order chi connectivity index (χ1) is 6.57. The van der Waals surface area contributed by atoms with Gasteiger partial charge in [0, 0.05) is 16.1 Å². The van der Waals surface area contributed by atoms with E-state index in [1.54, 1.807) is 6.07 Å². The van der Waals surface area contributed by atoms with Crippen LogP contribution in [-0.4, -0.2) is 0 Å². The van der Waals surface area contributed by atoms with Gasteiger partial charge in [0.15, 0.2) is 0 Å². The van der Waals surface area contributed by atoms with Gasteiger partial charge in [-0.05, 0) is 18.1 Å². The average Bonchev–Trinajstić information content (AvgIpc) is 2.16. The molecule has 0 aliphatic heterocycles. The van der Waals surface area contributed by atoms with Crippen LogP contribution in [0.5, 0.6) is 0 Å². The summed E-state index contributed by atoms with van der Waals surface area (Å²) >= 11 is 3.33. The van der Waals surface area contributed by atoms with Crippen LogP contribution in [0.3, 0.4) is 0 Å². The summed E-state index contributed by atoms with van der Waals surface area (Å²) in [5.74, 6) is 0.0513. The van der Waals surface area contributed by atoms with Gasteiger partial charge < -0.3 is 5.73 Å². The van der Waals surface area contributed by atoms with Gasteiger partial charge in [0.05, 0.1) is 0 Å². The standard InChI is InChI=1S/C11H15BrFN/c1-3-7(2)11(14)10-8(12)5-4-6-9(10)13/h4-7,11H,3,14H2,1-2H3. The molecule has 1 aromatic rings. The third-order valence-corrected chi connectivity index (χ3v) is 3.28. The van der Waals surface area contributed by atoms with Crippen molar-refractivity contribution in [3.05, 3.63) is 34.1 Å². The van der Waals surface area contributed by atoms with Crippen molar-refractivity contribution in [1.29, 1.82) is 0 Å². The topological polar surface area (TPSA) is 26.0 Å². The smallest absolute Gasteiger partial charge is 0.129 e. The summed E-state index contributed by atoms with van der Waals surface area (Å²) in [6.07, 6.45) is 0.946. The maximum absolute atomic E-state index is 13.5. The molecular weight excluding hydrogens is 245 g/mol. The van der Waals surface area contributed by atoms with Gasteiger partial charge in [0.1, 0.15) is 5.82 Å². The molecule has 0 fully saturated rings. The molecule has 0 aliphatic carbocycles. The lowest BCUT2D eigenvalue weighted by Crippen LogP contribution is -2.20. The summed E-state index contributed by atoms with van der Waals surface area (Å²) < 4.78 is 14.2. The van der Waals surface area contributed by atoms with Crippen LogP contribution in [0, 0.1) is 11.7 Å². The van der Waals surface area contributed by atoms with Crippen molar-refractivity contribution < 1.29 is 4.39 Å². The summed E-state index contributed by atoms with van der Waals surface area (Å²) in [6, 6.07) is 4.70. The van der Waals surface area contributed by atoms with Crippen LogP contribution in [0.4, 0.5) is 4.39 Å². The molecule has 0 spiro atoms. The SMILES string of the molecule is CCC(C)C(N)c1c(F)cccc1Br. The summed E-state index contributed by atoms with van der Waals surface area (Å²) in [7, 11) is 0. The zero-order chi connectivity index (χ0) is 10.7. The molecule has 1 nitrogen and oxygen atoms in total. The Morgan fingerprint density at radius 3 is 2.64 bits per heavy atom. The summed E-state index contributed by atoms with van der Waals surface area (Å²) in [4.78, 5) is 0. The van der Waals surface area contributed by atoms with Crippen LogP contribution >= 0.6 is 15.9 Å². The predicted octanol–water partition coefficient (Wildman–Crippen LogP) is 3.63. The summed E-state index contributed by atoms with van der Waals surface area (Å²) in [5, 5.41) is 0. The van der Waals surface area contributed by atoms with Gasteiger partial charge in [-0.2, -0.15) is 0 Å². The van der Waals surface area contributed by atoms with Crippen molar-refractivity contribution in [2.45, 2.75) is 26.3 Å². The minimum atomic E-state index is -0.240. The lowest BCUT2D eigenvalue weighted by atomic mass is 9.93. The second kappa shape index (κ2) is 4.89. The van der Waals surface area contributed by atoms with E-state index in [0.29, 0.717) is 5.56 Å². The van der Waals surface area contributed by atoms with Crippen LogP contribution in [-0.2, 0) is 0 Å². The molecular formula is C11H15BrFN. The highest BCUT2D eigenvalue weighted by atomic mass is 79.9. The molecule has 0 aromatic heterocycles. The molecule has 0 radical (unpaired) electrons. The molecule has 0 aliphatic rings. The Morgan fingerprint density at radius 2 is 2.14 bits per heavy atom. The molecule has 2 unspecified atom stereocenters. The summed E-state index contributed by atoms with van der Waals surface area (Å²) in [6.45, 7) is 4.09. The van der Waals surface area contributed by atoms with Gasteiger partial charge in [-0.3, -0.25) is 0 Å². The number of benzene rings is 1. The number of nitrogens with two attached hydrogens (primary N) is 1. The number of halogens is 2. The van der Waals surface area contributed by atoms with E-state index < -0.39 is 0 Å². The lowest BCUT2D eigenvalue weighted by molar-refractivity contribution is 0.438. The van der Waals surface area contributed by atoms with E-state index in [1.807, 2.05) is 13.0 Å². The van der Waals surface area contributed by atoms with E-state index in [1.165, 1.54) is 6.07 Å². The molecule has 2 atom stereocenters. The van der Waals surface area contributed by atoms with Crippen molar-refractivity contribution in [3.8, 4) is 0 Å². The largest absolute Gasteiger partial charge is 0.324 e. The Balaban J connectivity index is 3.05.